The van der Waals surface area contributed by atoms with Crippen LogP contribution >= 0.6 is 0 Å². The molecular formula is C17H27NO3. The van der Waals surface area contributed by atoms with E-state index in [4.69, 9.17) is 9.47 Å². The van der Waals surface area contributed by atoms with Crippen molar-refractivity contribution < 1.29 is 14.6 Å². The predicted octanol–water partition coefficient (Wildman–Crippen LogP) is 2.17. The summed E-state index contributed by atoms with van der Waals surface area (Å²) in [7, 11) is 0. The third-order valence-corrected chi connectivity index (χ3v) is 2.99. The second kappa shape index (κ2) is 11.3. The third kappa shape index (κ3) is 7.85. The number of aliphatic hydroxyl groups is 1. The smallest absolute Gasteiger partial charge is 0.122 e. The first-order valence-corrected chi connectivity index (χ1v) is 7.56. The first-order valence-electron chi connectivity index (χ1n) is 7.56. The molecule has 2 N–H and O–H groups in total. The molecule has 0 aromatic heterocycles. The fourth-order valence-corrected chi connectivity index (χ4v) is 1.93. The van der Waals surface area contributed by atoms with Gasteiger partial charge in [0.1, 0.15) is 18.5 Å². The van der Waals surface area contributed by atoms with E-state index in [1.165, 1.54) is 0 Å². The molecular weight excluding hydrogens is 266 g/mol. The Morgan fingerprint density at radius 3 is 2.95 bits per heavy atom. The first-order chi connectivity index (χ1) is 10.3. The number of allylic oxidation sites excluding steroid dienone is 1. The molecule has 118 valence electrons. The van der Waals surface area contributed by atoms with E-state index in [0.29, 0.717) is 6.54 Å². The van der Waals surface area contributed by atoms with Gasteiger partial charge in [-0.1, -0.05) is 24.3 Å². The Bertz CT molecular complexity index is 395. The number of rotatable bonds is 12. The SMILES string of the molecule is C=CCc1ccccc1OCC(O)CNCCCOCC. The van der Waals surface area contributed by atoms with Gasteiger partial charge in [0.05, 0.1) is 0 Å². The fraction of sp³-hybridized carbons (Fsp3) is 0.529. The molecule has 0 heterocycles. The lowest BCUT2D eigenvalue weighted by atomic mass is 10.1. The van der Waals surface area contributed by atoms with Crippen molar-refractivity contribution in [3.8, 4) is 5.75 Å². The molecule has 0 spiro atoms. The molecule has 4 nitrogen and oxygen atoms in total. The molecule has 0 saturated heterocycles. The van der Waals surface area contributed by atoms with Gasteiger partial charge in [-0.25, -0.2) is 0 Å². The Morgan fingerprint density at radius 1 is 1.38 bits per heavy atom. The second-order valence-electron chi connectivity index (χ2n) is 4.82. The maximum absolute atomic E-state index is 9.90. The monoisotopic (exact) mass is 293 g/mol. The molecule has 0 bridgehead atoms. The molecule has 1 atom stereocenters. The third-order valence-electron chi connectivity index (χ3n) is 2.99. The van der Waals surface area contributed by atoms with Gasteiger partial charge in [0, 0.05) is 19.8 Å². The molecule has 0 saturated carbocycles. The van der Waals surface area contributed by atoms with Gasteiger partial charge in [0.25, 0.3) is 0 Å². The van der Waals surface area contributed by atoms with E-state index < -0.39 is 6.10 Å². The lowest BCUT2D eigenvalue weighted by Gasteiger charge is -2.15. The zero-order valence-corrected chi connectivity index (χ0v) is 12.9. The van der Waals surface area contributed by atoms with Crippen molar-refractivity contribution in [1.29, 1.82) is 0 Å². The van der Waals surface area contributed by atoms with E-state index >= 15 is 0 Å². The van der Waals surface area contributed by atoms with Crippen molar-refractivity contribution in [3.63, 3.8) is 0 Å². The van der Waals surface area contributed by atoms with Crippen LogP contribution in [-0.2, 0) is 11.2 Å². The largest absolute Gasteiger partial charge is 0.491 e. The van der Waals surface area contributed by atoms with E-state index in [0.717, 1.165) is 43.9 Å². The second-order valence-corrected chi connectivity index (χ2v) is 4.82. The van der Waals surface area contributed by atoms with Crippen LogP contribution in [-0.4, -0.2) is 44.1 Å². The molecule has 0 aliphatic heterocycles. The van der Waals surface area contributed by atoms with Crippen molar-refractivity contribution in [2.75, 3.05) is 32.9 Å². The molecule has 0 aliphatic carbocycles. The van der Waals surface area contributed by atoms with Crippen LogP contribution in [0.15, 0.2) is 36.9 Å². The lowest BCUT2D eigenvalue weighted by Crippen LogP contribution is -2.32. The molecule has 0 fully saturated rings. The number of para-hydroxylation sites is 1. The maximum atomic E-state index is 9.90. The highest BCUT2D eigenvalue weighted by Crippen LogP contribution is 2.18. The van der Waals surface area contributed by atoms with Crippen molar-refractivity contribution in [3.05, 3.63) is 42.5 Å². The molecule has 4 heteroatoms. The zero-order chi connectivity index (χ0) is 15.3. The first kappa shape index (κ1) is 17.7. The zero-order valence-electron chi connectivity index (χ0n) is 12.9. The van der Waals surface area contributed by atoms with E-state index in [9.17, 15) is 5.11 Å². The van der Waals surface area contributed by atoms with Crippen LogP contribution < -0.4 is 10.1 Å². The van der Waals surface area contributed by atoms with Crippen LogP contribution in [0.1, 0.15) is 18.9 Å². The molecule has 1 unspecified atom stereocenters. The highest BCUT2D eigenvalue weighted by atomic mass is 16.5. The number of hydrogen-bond donors (Lipinski definition) is 2. The molecule has 1 aromatic rings. The fourth-order valence-electron chi connectivity index (χ4n) is 1.93. The summed E-state index contributed by atoms with van der Waals surface area (Å²) >= 11 is 0. The molecule has 0 radical (unpaired) electrons. The van der Waals surface area contributed by atoms with Crippen LogP contribution in [0, 0.1) is 0 Å². The standard InChI is InChI=1S/C17H27NO3/c1-3-8-15-9-5-6-10-17(15)21-14-16(19)13-18-11-7-12-20-4-2/h3,5-6,9-10,16,18-19H,1,4,7-8,11-14H2,2H3. The Kier molecular flexibility index (Phi) is 9.53. The highest BCUT2D eigenvalue weighted by molar-refractivity contribution is 5.34. The van der Waals surface area contributed by atoms with Gasteiger partial charge in [-0.15, -0.1) is 6.58 Å². The molecule has 1 rings (SSSR count). The van der Waals surface area contributed by atoms with Crippen molar-refractivity contribution in [1.82, 2.24) is 5.32 Å². The lowest BCUT2D eigenvalue weighted by molar-refractivity contribution is 0.104. The minimum atomic E-state index is -0.520. The van der Waals surface area contributed by atoms with Gasteiger partial charge in [0.15, 0.2) is 0 Å². The van der Waals surface area contributed by atoms with Gasteiger partial charge in [0.2, 0.25) is 0 Å². The summed E-state index contributed by atoms with van der Waals surface area (Å²) in [4.78, 5) is 0. The minimum Gasteiger partial charge on any atom is -0.491 e. The molecule has 21 heavy (non-hydrogen) atoms. The van der Waals surface area contributed by atoms with Crippen molar-refractivity contribution >= 4 is 0 Å². The summed E-state index contributed by atoms with van der Waals surface area (Å²) in [5.74, 6) is 0.813. The molecule has 0 aliphatic rings. The highest BCUT2D eigenvalue weighted by Gasteiger charge is 2.07. The van der Waals surface area contributed by atoms with E-state index in [2.05, 4.69) is 11.9 Å². The van der Waals surface area contributed by atoms with Gasteiger partial charge in [-0.3, -0.25) is 0 Å². The Balaban J connectivity index is 2.20. The van der Waals surface area contributed by atoms with Crippen molar-refractivity contribution in [2.45, 2.75) is 25.9 Å². The van der Waals surface area contributed by atoms with E-state index in [-0.39, 0.29) is 6.61 Å². The van der Waals surface area contributed by atoms with Gasteiger partial charge in [-0.05, 0) is 37.9 Å². The van der Waals surface area contributed by atoms with Gasteiger partial charge in [-0.2, -0.15) is 0 Å². The topological polar surface area (TPSA) is 50.7 Å². The van der Waals surface area contributed by atoms with Crippen LogP contribution in [0.4, 0.5) is 0 Å². The quantitative estimate of drug-likeness (QED) is 0.458. The van der Waals surface area contributed by atoms with Crippen LogP contribution in [0.2, 0.25) is 0 Å². The van der Waals surface area contributed by atoms with Gasteiger partial charge >= 0.3 is 0 Å². The Hall–Kier alpha value is -1.36. The van der Waals surface area contributed by atoms with Crippen LogP contribution in [0.5, 0.6) is 5.75 Å². The number of hydrogen-bond acceptors (Lipinski definition) is 4. The summed E-state index contributed by atoms with van der Waals surface area (Å²) in [5.41, 5.74) is 1.09. The van der Waals surface area contributed by atoms with E-state index in [1.54, 1.807) is 0 Å². The average Bonchev–Trinajstić information content (AvgIpc) is 2.50. The van der Waals surface area contributed by atoms with Crippen LogP contribution in [0.25, 0.3) is 0 Å². The number of aliphatic hydroxyl groups excluding tert-OH is 1. The van der Waals surface area contributed by atoms with Crippen molar-refractivity contribution in [2.24, 2.45) is 0 Å². The summed E-state index contributed by atoms with van der Waals surface area (Å²) in [6.07, 6.45) is 3.04. The minimum absolute atomic E-state index is 0.284. The molecule has 0 amide bonds. The Labute approximate surface area is 127 Å². The summed E-state index contributed by atoms with van der Waals surface area (Å²) in [6, 6.07) is 7.83. The normalized spacial score (nSPS) is 12.1. The number of nitrogens with one attached hydrogen (secondary N) is 1. The maximum Gasteiger partial charge on any atom is 0.122 e. The Morgan fingerprint density at radius 2 is 2.19 bits per heavy atom. The average molecular weight is 293 g/mol. The van der Waals surface area contributed by atoms with Crippen LogP contribution in [0.3, 0.4) is 0 Å². The number of benzene rings is 1. The predicted molar refractivity (Wildman–Crippen MR) is 85.8 cm³/mol. The van der Waals surface area contributed by atoms with E-state index in [1.807, 2.05) is 37.3 Å². The van der Waals surface area contributed by atoms with Gasteiger partial charge < -0.3 is 19.9 Å². The number of ether oxygens (including phenoxy) is 2. The molecule has 1 aromatic carbocycles. The summed E-state index contributed by atoms with van der Waals surface area (Å²) in [6.45, 7) is 8.87. The summed E-state index contributed by atoms with van der Waals surface area (Å²) < 4.78 is 10.9. The summed E-state index contributed by atoms with van der Waals surface area (Å²) in [5, 5.41) is 13.1.